The molecule has 0 radical (unpaired) electrons. The normalized spacial score (nSPS) is 11.3. The molecule has 0 saturated heterocycles. The summed E-state index contributed by atoms with van der Waals surface area (Å²) in [7, 11) is 5.16. The summed E-state index contributed by atoms with van der Waals surface area (Å²) in [5.74, 6) is 0.675. The number of aromatic nitrogens is 1. The SMILES string of the molecule is CN=C(NCCCCC(=O)OC)N(C)Cc1csc(C)n1. The molecule has 6 nitrogen and oxygen atoms in total. The molecule has 0 aliphatic heterocycles. The molecule has 21 heavy (non-hydrogen) atoms. The van der Waals surface area contributed by atoms with Crippen molar-refractivity contribution in [2.75, 3.05) is 27.7 Å². The molecule has 1 heterocycles. The number of carbonyl (C=O) groups excluding carboxylic acids is 1. The van der Waals surface area contributed by atoms with Gasteiger partial charge < -0.3 is 15.0 Å². The van der Waals surface area contributed by atoms with Crippen LogP contribution in [0.3, 0.4) is 0 Å². The van der Waals surface area contributed by atoms with E-state index in [0.29, 0.717) is 6.42 Å². The number of unbranched alkanes of at least 4 members (excludes halogenated alkanes) is 1. The Morgan fingerprint density at radius 2 is 2.29 bits per heavy atom. The number of aryl methyl sites for hydroxylation is 1. The lowest BCUT2D eigenvalue weighted by Crippen LogP contribution is -2.39. The Hall–Kier alpha value is -1.63. The molecule has 0 bridgehead atoms. The minimum absolute atomic E-state index is 0.157. The number of esters is 1. The van der Waals surface area contributed by atoms with Gasteiger partial charge in [-0.15, -0.1) is 11.3 Å². The summed E-state index contributed by atoms with van der Waals surface area (Å²) < 4.78 is 4.61. The highest BCUT2D eigenvalue weighted by atomic mass is 32.1. The van der Waals surface area contributed by atoms with Gasteiger partial charge in [0.15, 0.2) is 5.96 Å². The van der Waals surface area contributed by atoms with Gasteiger partial charge in [-0.2, -0.15) is 0 Å². The van der Waals surface area contributed by atoms with E-state index in [1.807, 2.05) is 18.9 Å². The van der Waals surface area contributed by atoms with E-state index in [-0.39, 0.29) is 5.97 Å². The van der Waals surface area contributed by atoms with Crippen LogP contribution in [0, 0.1) is 6.92 Å². The van der Waals surface area contributed by atoms with E-state index in [1.54, 1.807) is 18.4 Å². The van der Waals surface area contributed by atoms with Gasteiger partial charge in [-0.05, 0) is 19.8 Å². The van der Waals surface area contributed by atoms with Gasteiger partial charge in [-0.1, -0.05) is 0 Å². The lowest BCUT2D eigenvalue weighted by Gasteiger charge is -2.21. The number of thiazole rings is 1. The molecule has 0 amide bonds. The third kappa shape index (κ3) is 6.57. The number of rotatable bonds is 7. The van der Waals surface area contributed by atoms with Gasteiger partial charge >= 0.3 is 5.97 Å². The number of guanidine groups is 1. The van der Waals surface area contributed by atoms with Gasteiger partial charge in [0.25, 0.3) is 0 Å². The number of nitrogens with zero attached hydrogens (tertiary/aromatic N) is 3. The lowest BCUT2D eigenvalue weighted by atomic mass is 10.2. The minimum atomic E-state index is -0.157. The number of hydrogen-bond donors (Lipinski definition) is 1. The number of aliphatic imine (C=N–C) groups is 1. The average Bonchev–Trinajstić information content (AvgIpc) is 2.87. The highest BCUT2D eigenvalue weighted by molar-refractivity contribution is 7.09. The van der Waals surface area contributed by atoms with Gasteiger partial charge in [-0.25, -0.2) is 4.98 Å². The Morgan fingerprint density at radius 1 is 1.52 bits per heavy atom. The molecular formula is C14H24N4O2S. The number of carbonyl (C=O) groups is 1. The zero-order chi connectivity index (χ0) is 15.7. The Labute approximate surface area is 130 Å². The second-order valence-electron chi connectivity index (χ2n) is 4.72. The first-order chi connectivity index (χ1) is 10.1. The van der Waals surface area contributed by atoms with E-state index in [2.05, 4.69) is 25.4 Å². The number of methoxy groups -OCH3 is 1. The molecule has 1 aromatic rings. The van der Waals surface area contributed by atoms with Crippen LogP contribution in [0.4, 0.5) is 0 Å². The molecule has 0 unspecified atom stereocenters. The van der Waals surface area contributed by atoms with Gasteiger partial charge in [0.2, 0.25) is 0 Å². The van der Waals surface area contributed by atoms with Crippen LogP contribution < -0.4 is 5.32 Å². The van der Waals surface area contributed by atoms with E-state index in [0.717, 1.165) is 42.6 Å². The van der Waals surface area contributed by atoms with Crippen molar-refractivity contribution in [3.05, 3.63) is 16.1 Å². The molecule has 0 aliphatic rings. The van der Waals surface area contributed by atoms with Crippen molar-refractivity contribution < 1.29 is 9.53 Å². The molecule has 0 saturated carbocycles. The first-order valence-electron chi connectivity index (χ1n) is 6.96. The van der Waals surface area contributed by atoms with E-state index in [9.17, 15) is 4.79 Å². The summed E-state index contributed by atoms with van der Waals surface area (Å²) in [5.41, 5.74) is 1.05. The summed E-state index contributed by atoms with van der Waals surface area (Å²) in [6.45, 7) is 3.51. The van der Waals surface area contributed by atoms with Gasteiger partial charge in [0.05, 0.1) is 24.4 Å². The van der Waals surface area contributed by atoms with E-state index >= 15 is 0 Å². The van der Waals surface area contributed by atoms with Crippen molar-refractivity contribution >= 4 is 23.3 Å². The molecule has 0 aliphatic carbocycles. The Balaban J connectivity index is 2.29. The number of hydrogen-bond acceptors (Lipinski definition) is 5. The topological polar surface area (TPSA) is 66.8 Å². The second-order valence-corrected chi connectivity index (χ2v) is 5.78. The van der Waals surface area contributed by atoms with Crippen LogP contribution in [0.1, 0.15) is 30.0 Å². The summed E-state index contributed by atoms with van der Waals surface area (Å²) in [6, 6.07) is 0. The maximum absolute atomic E-state index is 11.0. The number of ether oxygens (including phenoxy) is 1. The van der Waals surface area contributed by atoms with Crippen molar-refractivity contribution in [3.8, 4) is 0 Å². The first-order valence-corrected chi connectivity index (χ1v) is 7.84. The highest BCUT2D eigenvalue weighted by Crippen LogP contribution is 2.09. The minimum Gasteiger partial charge on any atom is -0.469 e. The van der Waals surface area contributed by atoms with Gasteiger partial charge in [0, 0.05) is 32.4 Å². The van der Waals surface area contributed by atoms with Crippen LogP contribution in [-0.2, 0) is 16.1 Å². The second kappa shape index (κ2) is 9.33. The fourth-order valence-electron chi connectivity index (χ4n) is 1.88. The van der Waals surface area contributed by atoms with Crippen molar-refractivity contribution in [2.24, 2.45) is 4.99 Å². The monoisotopic (exact) mass is 312 g/mol. The predicted octanol–water partition coefficient (Wildman–Crippen LogP) is 1.80. The van der Waals surface area contributed by atoms with Crippen molar-refractivity contribution in [1.82, 2.24) is 15.2 Å². The van der Waals surface area contributed by atoms with Crippen LogP contribution in [0.15, 0.2) is 10.4 Å². The molecule has 0 atom stereocenters. The van der Waals surface area contributed by atoms with Crippen LogP contribution in [-0.4, -0.2) is 49.6 Å². The van der Waals surface area contributed by atoms with Crippen LogP contribution in [0.5, 0.6) is 0 Å². The summed E-state index contributed by atoms with van der Waals surface area (Å²) in [6.07, 6.45) is 2.17. The van der Waals surface area contributed by atoms with Crippen LogP contribution >= 0.6 is 11.3 Å². The van der Waals surface area contributed by atoms with Crippen LogP contribution in [0.25, 0.3) is 0 Å². The maximum Gasteiger partial charge on any atom is 0.305 e. The Kier molecular flexibility index (Phi) is 7.74. The molecule has 0 aromatic carbocycles. The lowest BCUT2D eigenvalue weighted by molar-refractivity contribution is -0.140. The van der Waals surface area contributed by atoms with Crippen LogP contribution in [0.2, 0.25) is 0 Å². The van der Waals surface area contributed by atoms with E-state index in [4.69, 9.17) is 0 Å². The predicted molar refractivity (Wildman–Crippen MR) is 85.5 cm³/mol. The third-order valence-corrected chi connectivity index (χ3v) is 3.78. The maximum atomic E-state index is 11.0. The smallest absolute Gasteiger partial charge is 0.305 e. The molecule has 7 heteroatoms. The Morgan fingerprint density at radius 3 is 2.86 bits per heavy atom. The largest absolute Gasteiger partial charge is 0.469 e. The van der Waals surface area contributed by atoms with E-state index < -0.39 is 0 Å². The number of nitrogens with one attached hydrogen (secondary N) is 1. The molecule has 118 valence electrons. The van der Waals surface area contributed by atoms with E-state index in [1.165, 1.54) is 7.11 Å². The first kappa shape index (κ1) is 17.4. The quantitative estimate of drug-likeness (QED) is 0.360. The zero-order valence-electron chi connectivity index (χ0n) is 13.2. The highest BCUT2D eigenvalue weighted by Gasteiger charge is 2.08. The fourth-order valence-corrected chi connectivity index (χ4v) is 2.48. The molecule has 1 N–H and O–H groups in total. The standard InChI is InChI=1S/C14H24N4O2S/c1-11-17-12(10-21-11)9-18(3)14(15-2)16-8-6-5-7-13(19)20-4/h10H,5-9H2,1-4H3,(H,15,16). The zero-order valence-corrected chi connectivity index (χ0v) is 14.0. The fraction of sp³-hybridized carbons (Fsp3) is 0.643. The van der Waals surface area contributed by atoms with Crippen molar-refractivity contribution in [3.63, 3.8) is 0 Å². The van der Waals surface area contributed by atoms with Crippen molar-refractivity contribution in [1.29, 1.82) is 0 Å². The summed E-state index contributed by atoms with van der Waals surface area (Å²) in [4.78, 5) is 21.7. The summed E-state index contributed by atoms with van der Waals surface area (Å²) >= 11 is 1.65. The Bertz CT molecular complexity index is 473. The molecule has 0 fully saturated rings. The van der Waals surface area contributed by atoms with Crippen molar-refractivity contribution in [2.45, 2.75) is 32.7 Å². The van der Waals surface area contributed by atoms with Gasteiger partial charge in [-0.3, -0.25) is 9.79 Å². The molecular weight excluding hydrogens is 288 g/mol. The third-order valence-electron chi connectivity index (χ3n) is 2.96. The molecule has 0 spiro atoms. The van der Waals surface area contributed by atoms with Gasteiger partial charge in [0.1, 0.15) is 0 Å². The molecule has 1 aromatic heterocycles. The summed E-state index contributed by atoms with van der Waals surface area (Å²) in [5, 5.41) is 6.43. The average molecular weight is 312 g/mol. The molecule has 1 rings (SSSR count).